The molecule has 0 spiro atoms. The van der Waals surface area contributed by atoms with Crippen molar-refractivity contribution in [1.29, 1.82) is 0 Å². The Balaban J connectivity index is 0.000000360. The maximum atomic E-state index is 10.6. The molecule has 2 aromatic heterocycles. The first kappa shape index (κ1) is 23.8. The molecule has 1 aliphatic heterocycles. The van der Waals surface area contributed by atoms with E-state index < -0.39 is 12.1 Å². The zero-order valence-electron chi connectivity index (χ0n) is 17.2. The molecule has 1 aliphatic rings. The van der Waals surface area contributed by atoms with E-state index in [0.29, 0.717) is 13.2 Å². The fourth-order valence-corrected chi connectivity index (χ4v) is 3.90. The summed E-state index contributed by atoms with van der Waals surface area (Å²) in [6, 6.07) is 10.4. The number of carbonyl (C=O) groups is 1. The van der Waals surface area contributed by atoms with Crippen LogP contribution in [-0.4, -0.2) is 55.3 Å². The molecule has 1 N–H and O–H groups in total. The zero-order valence-corrected chi connectivity index (χ0v) is 18.0. The summed E-state index contributed by atoms with van der Waals surface area (Å²) in [4.78, 5) is 15.7. The van der Waals surface area contributed by atoms with Gasteiger partial charge >= 0.3 is 12.1 Å². The number of ether oxygens (including phenoxy) is 1. The molecule has 0 aliphatic carbocycles. The molecule has 0 amide bonds. The van der Waals surface area contributed by atoms with E-state index in [-0.39, 0.29) is 6.04 Å². The van der Waals surface area contributed by atoms with E-state index in [1.807, 2.05) is 41.5 Å². The standard InChI is InChI=1S/C18H21N5OS.C2HF3O2/c1-22-15-7-9-23(11-17-19-8-10-25-17)16(18(15)20-21-22)13-24-12-14-5-3-2-4-6-14;3-2(4,5)1(6)7/h2-6,8,10,16H,7,9,11-13H2,1H3;(H,6,7). The Labute approximate surface area is 186 Å². The second kappa shape index (κ2) is 10.7. The van der Waals surface area contributed by atoms with Crippen LogP contribution in [0.5, 0.6) is 0 Å². The lowest BCUT2D eigenvalue weighted by atomic mass is 10.0. The highest BCUT2D eigenvalue weighted by Crippen LogP contribution is 2.30. The summed E-state index contributed by atoms with van der Waals surface area (Å²) in [5.74, 6) is -2.76. The minimum atomic E-state index is -5.08. The van der Waals surface area contributed by atoms with Crippen LogP contribution in [0.4, 0.5) is 13.2 Å². The molecule has 3 heterocycles. The van der Waals surface area contributed by atoms with E-state index >= 15 is 0 Å². The van der Waals surface area contributed by atoms with Gasteiger partial charge in [0.15, 0.2) is 0 Å². The van der Waals surface area contributed by atoms with Crippen molar-refractivity contribution in [2.24, 2.45) is 7.05 Å². The Morgan fingerprint density at radius 2 is 2.03 bits per heavy atom. The largest absolute Gasteiger partial charge is 0.490 e. The average Bonchev–Trinajstić information content (AvgIpc) is 3.40. The minimum Gasteiger partial charge on any atom is -0.475 e. The summed E-state index contributed by atoms with van der Waals surface area (Å²) in [5, 5.41) is 18.9. The molecule has 0 saturated heterocycles. The molecule has 0 bridgehead atoms. The summed E-state index contributed by atoms with van der Waals surface area (Å²) in [5.41, 5.74) is 3.44. The van der Waals surface area contributed by atoms with Crippen molar-refractivity contribution in [2.75, 3.05) is 13.2 Å². The van der Waals surface area contributed by atoms with Crippen molar-refractivity contribution < 1.29 is 27.8 Å². The van der Waals surface area contributed by atoms with Crippen molar-refractivity contribution in [3.05, 3.63) is 63.9 Å². The van der Waals surface area contributed by atoms with Crippen LogP contribution in [0.15, 0.2) is 41.9 Å². The van der Waals surface area contributed by atoms with Crippen LogP contribution >= 0.6 is 11.3 Å². The Morgan fingerprint density at radius 3 is 2.66 bits per heavy atom. The number of alkyl halides is 3. The third kappa shape index (κ3) is 6.34. The van der Waals surface area contributed by atoms with Gasteiger partial charge in [-0.05, 0) is 5.56 Å². The smallest absolute Gasteiger partial charge is 0.475 e. The van der Waals surface area contributed by atoms with Gasteiger partial charge in [-0.1, -0.05) is 35.5 Å². The molecule has 1 atom stereocenters. The number of hydrogen-bond donors (Lipinski definition) is 1. The number of carboxylic acid groups (broad SMARTS) is 1. The lowest BCUT2D eigenvalue weighted by Crippen LogP contribution is -2.38. The number of aromatic nitrogens is 4. The minimum absolute atomic E-state index is 0.116. The number of aliphatic carboxylic acids is 1. The topological polar surface area (TPSA) is 93.4 Å². The van der Waals surface area contributed by atoms with Crippen molar-refractivity contribution in [3.63, 3.8) is 0 Å². The number of benzene rings is 1. The van der Waals surface area contributed by atoms with Crippen molar-refractivity contribution in [3.8, 4) is 0 Å². The Hall–Kier alpha value is -2.83. The molecule has 0 saturated carbocycles. The average molecular weight is 469 g/mol. The Morgan fingerprint density at radius 1 is 1.31 bits per heavy atom. The molecular weight excluding hydrogens is 447 g/mol. The number of fused-ring (bicyclic) bond motifs is 1. The maximum Gasteiger partial charge on any atom is 0.490 e. The molecule has 4 rings (SSSR count). The number of thiazole rings is 1. The van der Waals surface area contributed by atoms with Crippen LogP contribution in [-0.2, 0) is 36.2 Å². The Bertz CT molecular complexity index is 996. The van der Waals surface area contributed by atoms with Crippen LogP contribution in [0.3, 0.4) is 0 Å². The first-order valence-corrected chi connectivity index (χ1v) is 10.6. The molecule has 12 heteroatoms. The number of carboxylic acids is 1. The van der Waals surface area contributed by atoms with Gasteiger partial charge in [0.2, 0.25) is 0 Å². The van der Waals surface area contributed by atoms with Gasteiger partial charge in [-0.3, -0.25) is 9.58 Å². The van der Waals surface area contributed by atoms with E-state index in [1.165, 1.54) is 11.3 Å². The van der Waals surface area contributed by atoms with Gasteiger partial charge < -0.3 is 9.84 Å². The highest BCUT2D eigenvalue weighted by molar-refractivity contribution is 7.09. The summed E-state index contributed by atoms with van der Waals surface area (Å²) >= 11 is 1.69. The molecule has 8 nitrogen and oxygen atoms in total. The van der Waals surface area contributed by atoms with E-state index in [1.54, 1.807) is 11.3 Å². The Kier molecular flexibility index (Phi) is 7.94. The molecule has 0 radical (unpaired) electrons. The molecule has 32 heavy (non-hydrogen) atoms. The van der Waals surface area contributed by atoms with Gasteiger partial charge in [-0.25, -0.2) is 9.78 Å². The van der Waals surface area contributed by atoms with Gasteiger partial charge in [0.05, 0.1) is 31.5 Å². The number of rotatable bonds is 6. The van der Waals surface area contributed by atoms with Gasteiger partial charge in [0, 0.05) is 31.6 Å². The van der Waals surface area contributed by atoms with Crippen LogP contribution in [0.25, 0.3) is 0 Å². The summed E-state index contributed by atoms with van der Waals surface area (Å²) in [6.07, 6.45) is -2.27. The predicted octanol–water partition coefficient (Wildman–Crippen LogP) is 3.22. The highest BCUT2D eigenvalue weighted by Gasteiger charge is 2.38. The highest BCUT2D eigenvalue weighted by atomic mass is 32.1. The maximum absolute atomic E-state index is 10.6. The molecule has 1 aromatic carbocycles. The third-order valence-electron chi connectivity index (χ3n) is 4.82. The SMILES string of the molecule is Cn1nnc2c1CCN(Cc1nccs1)C2COCc1ccccc1.O=C(O)C(F)(F)F. The van der Waals surface area contributed by atoms with Crippen molar-refractivity contribution in [1.82, 2.24) is 24.9 Å². The van der Waals surface area contributed by atoms with Crippen LogP contribution < -0.4 is 0 Å². The lowest BCUT2D eigenvalue weighted by Gasteiger charge is -2.33. The van der Waals surface area contributed by atoms with E-state index in [4.69, 9.17) is 14.6 Å². The number of hydrogen-bond acceptors (Lipinski definition) is 7. The first-order valence-electron chi connectivity index (χ1n) is 9.68. The van der Waals surface area contributed by atoms with Gasteiger partial charge in [-0.15, -0.1) is 16.4 Å². The summed E-state index contributed by atoms with van der Waals surface area (Å²) in [7, 11) is 1.96. The van der Waals surface area contributed by atoms with Crippen LogP contribution in [0.1, 0.15) is 28.0 Å². The monoisotopic (exact) mass is 469 g/mol. The first-order chi connectivity index (χ1) is 15.3. The summed E-state index contributed by atoms with van der Waals surface area (Å²) < 4.78 is 39.7. The number of halogens is 3. The number of aryl methyl sites for hydroxylation is 1. The fraction of sp³-hybridized carbons (Fsp3) is 0.400. The quantitative estimate of drug-likeness (QED) is 0.593. The molecule has 3 aromatic rings. The van der Waals surface area contributed by atoms with Crippen molar-refractivity contribution >= 4 is 17.3 Å². The van der Waals surface area contributed by atoms with E-state index in [9.17, 15) is 13.2 Å². The number of nitrogens with zero attached hydrogens (tertiary/aromatic N) is 5. The lowest BCUT2D eigenvalue weighted by molar-refractivity contribution is -0.192. The van der Waals surface area contributed by atoms with E-state index in [2.05, 4.69) is 32.3 Å². The summed E-state index contributed by atoms with van der Waals surface area (Å²) in [6.45, 7) is 3.00. The molecule has 0 fully saturated rings. The van der Waals surface area contributed by atoms with Crippen molar-refractivity contribution in [2.45, 2.75) is 31.8 Å². The molecule has 172 valence electrons. The van der Waals surface area contributed by atoms with Crippen LogP contribution in [0.2, 0.25) is 0 Å². The predicted molar refractivity (Wildman–Crippen MR) is 110 cm³/mol. The third-order valence-corrected chi connectivity index (χ3v) is 5.58. The zero-order chi connectivity index (χ0) is 23.1. The fourth-order valence-electron chi connectivity index (χ4n) is 3.26. The normalized spacial score (nSPS) is 16.2. The molecular formula is C20H22F3N5O3S. The second-order valence-electron chi connectivity index (χ2n) is 7.01. The van der Waals surface area contributed by atoms with Gasteiger partial charge in [0.1, 0.15) is 10.7 Å². The van der Waals surface area contributed by atoms with Gasteiger partial charge in [0.25, 0.3) is 0 Å². The van der Waals surface area contributed by atoms with E-state index in [0.717, 1.165) is 30.2 Å². The van der Waals surface area contributed by atoms with Crippen LogP contribution in [0, 0.1) is 0 Å². The second-order valence-corrected chi connectivity index (χ2v) is 7.99. The molecule has 1 unspecified atom stereocenters. The van der Waals surface area contributed by atoms with Gasteiger partial charge in [-0.2, -0.15) is 13.2 Å².